The number of carbonyl (C=O) groups is 2. The van der Waals surface area contributed by atoms with Crippen molar-refractivity contribution in [3.63, 3.8) is 0 Å². The maximum absolute atomic E-state index is 12.1. The van der Waals surface area contributed by atoms with Crippen molar-refractivity contribution in [1.29, 1.82) is 5.26 Å². The van der Waals surface area contributed by atoms with Gasteiger partial charge in [-0.3, -0.25) is 15.1 Å². The highest BCUT2D eigenvalue weighted by molar-refractivity contribution is 7.22. The fourth-order valence-electron chi connectivity index (χ4n) is 5.21. The number of hydrogen-bond acceptors (Lipinski definition) is 9. The Morgan fingerprint density at radius 2 is 1.88 bits per heavy atom. The summed E-state index contributed by atoms with van der Waals surface area (Å²) in [7, 11) is 0. The number of pyridine rings is 1. The number of thiazole rings is 1. The fraction of sp³-hybridized carbons (Fsp3) is 0.345. The Bertz CT molecular complexity index is 1620. The van der Waals surface area contributed by atoms with E-state index in [1.54, 1.807) is 30.7 Å². The van der Waals surface area contributed by atoms with Crippen molar-refractivity contribution >= 4 is 44.6 Å². The van der Waals surface area contributed by atoms with Crippen LogP contribution in [0.3, 0.4) is 0 Å². The van der Waals surface area contributed by atoms with E-state index in [2.05, 4.69) is 36.6 Å². The number of fused-ring (bicyclic) bond motifs is 1. The van der Waals surface area contributed by atoms with E-state index in [9.17, 15) is 20.0 Å². The predicted molar refractivity (Wildman–Crippen MR) is 158 cm³/mol. The molecule has 5 rings (SSSR count). The van der Waals surface area contributed by atoms with Gasteiger partial charge in [0, 0.05) is 49.4 Å². The number of aromatic nitrogens is 4. The Labute approximate surface area is 241 Å². The molecule has 3 aromatic heterocycles. The number of rotatable bonds is 8. The average Bonchev–Trinajstić information content (AvgIpc) is 3.39. The van der Waals surface area contributed by atoms with Crippen molar-refractivity contribution in [2.45, 2.75) is 39.5 Å². The molecule has 0 aliphatic carbocycles. The van der Waals surface area contributed by atoms with Gasteiger partial charge >= 0.3 is 12.0 Å². The molecule has 3 N–H and O–H groups in total. The molecule has 1 aromatic carbocycles. The van der Waals surface area contributed by atoms with E-state index in [-0.39, 0.29) is 6.03 Å². The van der Waals surface area contributed by atoms with Crippen molar-refractivity contribution in [3.8, 4) is 28.5 Å². The summed E-state index contributed by atoms with van der Waals surface area (Å²) in [6.45, 7) is 5.52. The molecule has 0 atom stereocenters. The minimum Gasteiger partial charge on any atom is -0.481 e. The summed E-state index contributed by atoms with van der Waals surface area (Å²) >= 11 is 1.33. The smallest absolute Gasteiger partial charge is 0.321 e. The summed E-state index contributed by atoms with van der Waals surface area (Å²) in [5.41, 5.74) is 3.44. The number of carboxylic acids is 1. The minimum absolute atomic E-state index is 0.338. The molecular weight excluding hydrogens is 540 g/mol. The molecule has 4 aromatic rings. The molecule has 41 heavy (non-hydrogen) atoms. The zero-order valence-corrected chi connectivity index (χ0v) is 23.7. The van der Waals surface area contributed by atoms with Gasteiger partial charge in [-0.05, 0) is 56.0 Å². The number of aliphatic carboxylic acids is 1. The number of nitrogens with zero attached hydrogens (tertiary/aromatic N) is 6. The number of nitriles is 1. The highest BCUT2D eigenvalue weighted by Gasteiger charge is 2.41. The largest absolute Gasteiger partial charge is 0.481 e. The first kappa shape index (κ1) is 27.9. The highest BCUT2D eigenvalue weighted by atomic mass is 32.1. The number of urea groups is 1. The number of nitrogens with one attached hydrogen (secondary N) is 2. The van der Waals surface area contributed by atoms with Crippen LogP contribution in [0.4, 0.5) is 15.9 Å². The maximum atomic E-state index is 12.1. The third kappa shape index (κ3) is 5.81. The van der Waals surface area contributed by atoms with Crippen molar-refractivity contribution in [2.75, 3.05) is 29.9 Å². The first-order chi connectivity index (χ1) is 19.9. The first-order valence-electron chi connectivity index (χ1n) is 13.5. The van der Waals surface area contributed by atoms with E-state index >= 15 is 0 Å². The second kappa shape index (κ2) is 11.9. The number of hydrogen-bond donors (Lipinski definition) is 3. The van der Waals surface area contributed by atoms with Gasteiger partial charge in [0.25, 0.3) is 0 Å². The lowest BCUT2D eigenvalue weighted by Gasteiger charge is -2.38. The molecule has 0 spiro atoms. The monoisotopic (exact) mass is 570 g/mol. The van der Waals surface area contributed by atoms with Crippen LogP contribution in [0.2, 0.25) is 0 Å². The quantitative estimate of drug-likeness (QED) is 0.256. The number of benzene rings is 1. The van der Waals surface area contributed by atoms with Crippen molar-refractivity contribution in [1.82, 2.24) is 25.3 Å². The first-order valence-corrected chi connectivity index (χ1v) is 14.3. The summed E-state index contributed by atoms with van der Waals surface area (Å²) in [6.07, 6.45) is 7.72. The van der Waals surface area contributed by atoms with Crippen LogP contribution >= 0.6 is 11.3 Å². The SMILES string of the molecule is CCCC1(C(=O)O)CCN(c2ncc(-c3cc(-c4cc(C#N)ccn4)c4sc(NC(=O)NCC)nc4c3)cn2)CC1. The number of amides is 2. The Morgan fingerprint density at radius 1 is 1.12 bits per heavy atom. The molecule has 1 fully saturated rings. The van der Waals surface area contributed by atoms with Gasteiger partial charge in [-0.1, -0.05) is 24.7 Å². The van der Waals surface area contributed by atoms with Crippen LogP contribution < -0.4 is 15.5 Å². The lowest BCUT2D eigenvalue weighted by molar-refractivity contribution is -0.150. The third-order valence-corrected chi connectivity index (χ3v) is 8.39. The Balaban J connectivity index is 1.47. The highest BCUT2D eigenvalue weighted by Crippen LogP contribution is 2.39. The second-order valence-corrected chi connectivity index (χ2v) is 11.0. The number of carboxylic acid groups (broad SMARTS) is 1. The van der Waals surface area contributed by atoms with Crippen LogP contribution in [0.25, 0.3) is 32.6 Å². The van der Waals surface area contributed by atoms with Gasteiger partial charge in [0.15, 0.2) is 5.13 Å². The number of piperidine rings is 1. The standard InChI is InChI=1S/C29H30N8O3S/c1-3-6-29(25(38)39)7-10-37(11-8-29)26-33-16-20(17-34-26)19-13-21(22-12-18(15-30)5-9-32-22)24-23(14-19)35-28(41-24)36-27(40)31-4-2/h5,9,12-14,16-17H,3-4,6-8,10-11H2,1-2H3,(H,38,39)(H2,31,35,36,40). The average molecular weight is 571 g/mol. The summed E-state index contributed by atoms with van der Waals surface area (Å²) in [5, 5.41) is 25.2. The third-order valence-electron chi connectivity index (χ3n) is 7.37. The molecule has 0 radical (unpaired) electrons. The van der Waals surface area contributed by atoms with Crippen LogP contribution in [0.5, 0.6) is 0 Å². The van der Waals surface area contributed by atoms with E-state index in [1.165, 1.54) is 11.3 Å². The number of anilines is 2. The molecule has 210 valence electrons. The van der Waals surface area contributed by atoms with Gasteiger partial charge in [0.2, 0.25) is 5.95 Å². The number of carbonyl (C=O) groups excluding carboxylic acids is 1. The Morgan fingerprint density at radius 3 is 2.54 bits per heavy atom. The van der Waals surface area contributed by atoms with Gasteiger partial charge in [0.1, 0.15) is 0 Å². The van der Waals surface area contributed by atoms with E-state index < -0.39 is 11.4 Å². The molecule has 0 bridgehead atoms. The molecule has 0 saturated carbocycles. The van der Waals surface area contributed by atoms with Crippen LogP contribution in [-0.4, -0.2) is 56.7 Å². The van der Waals surface area contributed by atoms with Gasteiger partial charge in [-0.2, -0.15) is 5.26 Å². The van der Waals surface area contributed by atoms with E-state index in [1.807, 2.05) is 30.9 Å². The normalized spacial score (nSPS) is 14.4. The summed E-state index contributed by atoms with van der Waals surface area (Å²) < 4.78 is 0.822. The molecule has 1 aliphatic rings. The molecular formula is C29H30N8O3S. The van der Waals surface area contributed by atoms with Crippen LogP contribution in [0.15, 0.2) is 42.9 Å². The van der Waals surface area contributed by atoms with Crippen molar-refractivity contribution in [3.05, 3.63) is 48.4 Å². The lowest BCUT2D eigenvalue weighted by Crippen LogP contribution is -2.45. The molecule has 4 heterocycles. The van der Waals surface area contributed by atoms with E-state index in [0.29, 0.717) is 66.8 Å². The molecule has 0 unspecified atom stereocenters. The Hall–Kier alpha value is -4.63. The molecule has 1 saturated heterocycles. The van der Waals surface area contributed by atoms with Gasteiger partial charge in [-0.25, -0.2) is 19.7 Å². The maximum Gasteiger partial charge on any atom is 0.321 e. The fourth-order valence-corrected chi connectivity index (χ4v) is 6.17. The molecule has 11 nitrogen and oxygen atoms in total. The summed E-state index contributed by atoms with van der Waals surface area (Å²) in [6, 6.07) is 9.07. The Kier molecular flexibility index (Phi) is 8.07. The lowest BCUT2D eigenvalue weighted by atomic mass is 9.75. The van der Waals surface area contributed by atoms with E-state index in [0.717, 1.165) is 27.8 Å². The summed E-state index contributed by atoms with van der Waals surface area (Å²) in [5.74, 6) is -0.154. The molecule has 12 heteroatoms. The van der Waals surface area contributed by atoms with Gasteiger partial charge in [-0.15, -0.1) is 0 Å². The molecule has 2 amide bonds. The van der Waals surface area contributed by atoms with Gasteiger partial charge < -0.3 is 15.3 Å². The minimum atomic E-state index is -0.720. The van der Waals surface area contributed by atoms with E-state index in [4.69, 9.17) is 0 Å². The van der Waals surface area contributed by atoms with Gasteiger partial charge in [0.05, 0.1) is 33.0 Å². The molecule has 1 aliphatic heterocycles. The van der Waals surface area contributed by atoms with Crippen LogP contribution in [-0.2, 0) is 4.79 Å². The van der Waals surface area contributed by atoms with Crippen LogP contribution in [0, 0.1) is 16.7 Å². The van der Waals surface area contributed by atoms with Crippen molar-refractivity contribution in [2.24, 2.45) is 5.41 Å². The topological polar surface area (TPSA) is 157 Å². The van der Waals surface area contributed by atoms with Crippen molar-refractivity contribution < 1.29 is 14.7 Å². The predicted octanol–water partition coefficient (Wildman–Crippen LogP) is 5.30. The zero-order valence-electron chi connectivity index (χ0n) is 22.8. The van der Waals surface area contributed by atoms with Crippen LogP contribution in [0.1, 0.15) is 45.1 Å². The second-order valence-electron chi connectivity index (χ2n) is 10.0. The summed E-state index contributed by atoms with van der Waals surface area (Å²) in [4.78, 5) is 44.5. The zero-order chi connectivity index (χ0) is 29.0.